The largest absolute Gasteiger partial charge is 0.497 e. The Morgan fingerprint density at radius 3 is 2.09 bits per heavy atom. The van der Waals surface area contributed by atoms with Gasteiger partial charge in [-0.3, -0.25) is 4.18 Å². The lowest BCUT2D eigenvalue weighted by Crippen LogP contribution is -2.49. The Hall–Kier alpha value is -1.99. The molecule has 1 heterocycles. The molecule has 0 N–H and O–H groups in total. The summed E-state index contributed by atoms with van der Waals surface area (Å²) in [7, 11) is -2.98. The summed E-state index contributed by atoms with van der Waals surface area (Å²) >= 11 is 0. The number of rotatable bonds is 15. The summed E-state index contributed by atoms with van der Waals surface area (Å²) in [5.74, 6) is 0.635. The molecule has 0 aromatic heterocycles. The van der Waals surface area contributed by atoms with Gasteiger partial charge in [-0.2, -0.15) is 8.42 Å². The SMILES string of the molecule is COc1ccc(O[C@@H](C[C@H](OC)[C@H](CCOS(=O)(=O)c2ccc(C)cc2)O[Si](C)(C)C(C)(C)C)[C@@H]2COC(C)(C)O2)cc1. The maximum absolute atomic E-state index is 12.9. The molecule has 1 aliphatic heterocycles. The smallest absolute Gasteiger partial charge is 0.296 e. The van der Waals surface area contributed by atoms with Crippen LogP contribution in [-0.4, -0.2) is 74.4 Å². The second kappa shape index (κ2) is 14.4. The Bertz CT molecular complexity index is 1260. The number of ether oxygens (including phenoxy) is 5. The van der Waals surface area contributed by atoms with Gasteiger partial charge in [-0.25, -0.2) is 0 Å². The fourth-order valence-electron chi connectivity index (χ4n) is 4.56. The first-order chi connectivity index (χ1) is 20.0. The standard InChI is InChI=1S/C32H50O9SSi/c1-23-11-17-26(18-12-23)42(33,34)38-20-19-27(41-43(9,10)31(2,3)4)28(36-8)21-29(30-22-37-32(5,6)40-30)39-25-15-13-24(35-7)14-16-25/h11-18,27-30H,19-22H2,1-10H3/t27-,28-,29-,30-/m0/s1. The lowest BCUT2D eigenvalue weighted by atomic mass is 10.0. The van der Waals surface area contributed by atoms with Crippen molar-refractivity contribution >= 4 is 18.4 Å². The first-order valence-corrected chi connectivity index (χ1v) is 19.1. The zero-order valence-electron chi connectivity index (χ0n) is 27.3. The van der Waals surface area contributed by atoms with E-state index in [4.69, 9.17) is 32.3 Å². The molecule has 0 unspecified atom stereocenters. The number of benzene rings is 2. The molecule has 4 atom stereocenters. The van der Waals surface area contributed by atoms with Gasteiger partial charge in [0.05, 0.1) is 37.4 Å². The fourth-order valence-corrected chi connectivity index (χ4v) is 6.86. The average molecular weight is 639 g/mol. The summed E-state index contributed by atoms with van der Waals surface area (Å²) in [6, 6.07) is 14.0. The highest BCUT2D eigenvalue weighted by atomic mass is 32.2. The van der Waals surface area contributed by atoms with Crippen LogP contribution in [0.15, 0.2) is 53.4 Å². The van der Waals surface area contributed by atoms with E-state index < -0.39 is 42.5 Å². The minimum Gasteiger partial charge on any atom is -0.497 e. The van der Waals surface area contributed by atoms with Crippen LogP contribution in [0.2, 0.25) is 18.1 Å². The second-order valence-corrected chi connectivity index (χ2v) is 19.4. The van der Waals surface area contributed by atoms with Gasteiger partial charge in [0.25, 0.3) is 10.1 Å². The molecule has 0 radical (unpaired) electrons. The predicted octanol–water partition coefficient (Wildman–Crippen LogP) is 6.49. The van der Waals surface area contributed by atoms with Crippen molar-refractivity contribution < 1.29 is 40.7 Å². The summed E-state index contributed by atoms with van der Waals surface area (Å²) in [4.78, 5) is 0.122. The van der Waals surface area contributed by atoms with Gasteiger partial charge in [-0.1, -0.05) is 38.5 Å². The topological polar surface area (TPSA) is 98.8 Å². The molecule has 1 aliphatic rings. The molecule has 1 fully saturated rings. The van der Waals surface area contributed by atoms with Crippen molar-refractivity contribution in [3.63, 3.8) is 0 Å². The van der Waals surface area contributed by atoms with E-state index in [1.807, 2.05) is 45.0 Å². The third kappa shape index (κ3) is 10.0. The lowest BCUT2D eigenvalue weighted by Gasteiger charge is -2.42. The van der Waals surface area contributed by atoms with E-state index in [1.54, 1.807) is 38.5 Å². The summed E-state index contributed by atoms with van der Waals surface area (Å²) < 4.78 is 68.2. The molecule has 3 rings (SSSR count). The third-order valence-corrected chi connectivity index (χ3v) is 14.0. The van der Waals surface area contributed by atoms with Crippen molar-refractivity contribution in [3.8, 4) is 11.5 Å². The van der Waals surface area contributed by atoms with Crippen molar-refractivity contribution in [2.45, 2.75) is 108 Å². The van der Waals surface area contributed by atoms with Crippen LogP contribution in [0.3, 0.4) is 0 Å². The quantitative estimate of drug-likeness (QED) is 0.160. The second-order valence-electron chi connectivity index (χ2n) is 13.0. The molecular formula is C32H50O9SSi. The molecule has 0 bridgehead atoms. The van der Waals surface area contributed by atoms with Crippen LogP contribution in [0.5, 0.6) is 11.5 Å². The van der Waals surface area contributed by atoms with Crippen LogP contribution in [0.1, 0.15) is 53.0 Å². The molecule has 0 spiro atoms. The Balaban J connectivity index is 1.85. The highest BCUT2D eigenvalue weighted by molar-refractivity contribution is 7.86. The van der Waals surface area contributed by atoms with Gasteiger partial charge in [-0.05, 0) is 81.7 Å². The Morgan fingerprint density at radius 2 is 1.58 bits per heavy atom. The van der Waals surface area contributed by atoms with Crippen molar-refractivity contribution in [1.29, 1.82) is 0 Å². The van der Waals surface area contributed by atoms with Gasteiger partial charge in [0, 0.05) is 13.5 Å². The Kier molecular flexibility index (Phi) is 11.9. The molecule has 1 saturated heterocycles. The van der Waals surface area contributed by atoms with Gasteiger partial charge in [0.15, 0.2) is 14.1 Å². The van der Waals surface area contributed by atoms with E-state index in [0.29, 0.717) is 25.2 Å². The Labute approximate surface area is 259 Å². The molecule has 0 aliphatic carbocycles. The summed E-state index contributed by atoms with van der Waals surface area (Å²) in [5.41, 5.74) is 0.969. The monoisotopic (exact) mass is 638 g/mol. The molecule has 43 heavy (non-hydrogen) atoms. The van der Waals surface area contributed by atoms with E-state index in [-0.39, 0.29) is 22.6 Å². The van der Waals surface area contributed by atoms with Gasteiger partial charge in [0.2, 0.25) is 0 Å². The van der Waals surface area contributed by atoms with Crippen LogP contribution in [0.25, 0.3) is 0 Å². The number of hydrogen-bond acceptors (Lipinski definition) is 9. The van der Waals surface area contributed by atoms with Crippen LogP contribution in [0, 0.1) is 6.92 Å². The van der Waals surface area contributed by atoms with Gasteiger partial charge in [0.1, 0.15) is 23.7 Å². The summed E-state index contributed by atoms with van der Waals surface area (Å²) in [6.45, 7) is 16.8. The molecule has 0 amide bonds. The summed E-state index contributed by atoms with van der Waals surface area (Å²) in [6.07, 6.45) is -0.994. The zero-order chi connectivity index (χ0) is 32.1. The minimum atomic E-state index is -3.93. The molecule has 0 saturated carbocycles. The normalized spacial score (nSPS) is 19.5. The maximum Gasteiger partial charge on any atom is 0.296 e. The highest BCUT2D eigenvalue weighted by Crippen LogP contribution is 2.39. The maximum atomic E-state index is 12.9. The highest BCUT2D eigenvalue weighted by Gasteiger charge is 2.44. The van der Waals surface area contributed by atoms with Crippen molar-refractivity contribution in [2.75, 3.05) is 27.4 Å². The van der Waals surface area contributed by atoms with Gasteiger partial charge < -0.3 is 28.1 Å². The predicted molar refractivity (Wildman–Crippen MR) is 169 cm³/mol. The van der Waals surface area contributed by atoms with Gasteiger partial charge >= 0.3 is 0 Å². The fraction of sp³-hybridized carbons (Fsp3) is 0.625. The third-order valence-electron chi connectivity index (χ3n) is 8.18. The van der Waals surface area contributed by atoms with Crippen LogP contribution in [-0.2, 0) is 32.9 Å². The average Bonchev–Trinajstić information content (AvgIpc) is 3.29. The number of methoxy groups -OCH3 is 2. The lowest BCUT2D eigenvalue weighted by molar-refractivity contribution is -0.152. The van der Waals surface area contributed by atoms with Crippen LogP contribution < -0.4 is 9.47 Å². The molecule has 9 nitrogen and oxygen atoms in total. The number of aryl methyl sites for hydroxylation is 1. The van der Waals surface area contributed by atoms with Gasteiger partial charge in [-0.15, -0.1) is 0 Å². The molecule has 11 heteroatoms. The Morgan fingerprint density at radius 1 is 0.977 bits per heavy atom. The van der Waals surface area contributed by atoms with E-state index in [0.717, 1.165) is 11.3 Å². The molecule has 2 aromatic carbocycles. The summed E-state index contributed by atoms with van der Waals surface area (Å²) in [5, 5.41) is -0.0796. The number of hydrogen-bond donors (Lipinski definition) is 0. The minimum absolute atomic E-state index is 0.0601. The first kappa shape index (κ1) is 35.5. The molecule has 242 valence electrons. The zero-order valence-corrected chi connectivity index (χ0v) is 29.2. The van der Waals surface area contributed by atoms with E-state index in [9.17, 15) is 8.42 Å². The van der Waals surface area contributed by atoms with Crippen molar-refractivity contribution in [1.82, 2.24) is 0 Å². The molecule has 2 aromatic rings. The van der Waals surface area contributed by atoms with Crippen LogP contribution in [0.4, 0.5) is 0 Å². The van der Waals surface area contributed by atoms with Crippen molar-refractivity contribution in [2.24, 2.45) is 0 Å². The first-order valence-electron chi connectivity index (χ1n) is 14.8. The van der Waals surface area contributed by atoms with Crippen molar-refractivity contribution in [3.05, 3.63) is 54.1 Å². The molecular weight excluding hydrogens is 588 g/mol. The van der Waals surface area contributed by atoms with E-state index >= 15 is 0 Å². The van der Waals surface area contributed by atoms with Crippen LogP contribution >= 0.6 is 0 Å². The van der Waals surface area contributed by atoms with E-state index in [2.05, 4.69) is 33.9 Å². The van der Waals surface area contributed by atoms with E-state index in [1.165, 1.54) is 0 Å².